The Morgan fingerprint density at radius 3 is 2.31 bits per heavy atom. The molecule has 1 N–H and O–H groups in total. The minimum Gasteiger partial charge on any atom is -0.339 e. The topological polar surface area (TPSA) is 78.4 Å². The van der Waals surface area contributed by atoms with Gasteiger partial charge in [-0.3, -0.25) is 9.59 Å². The fraction of sp³-hybridized carbons (Fsp3) is 0.368. The second-order valence-corrected chi connectivity index (χ2v) is 6.24. The maximum Gasteiger partial charge on any atom is 0.274 e. The van der Waals surface area contributed by atoms with Crippen LogP contribution >= 0.6 is 0 Å². The lowest BCUT2D eigenvalue weighted by Gasteiger charge is -2.33. The first-order valence-corrected chi connectivity index (χ1v) is 8.82. The zero-order chi connectivity index (χ0) is 18.5. The van der Waals surface area contributed by atoms with Crippen LogP contribution in [0.1, 0.15) is 29.9 Å². The van der Waals surface area contributed by atoms with Crippen LogP contribution in [-0.4, -0.2) is 58.0 Å². The Labute approximate surface area is 153 Å². The molecule has 0 bridgehead atoms. The summed E-state index contributed by atoms with van der Waals surface area (Å²) in [5, 5.41) is 11.5. The number of hydrogen-bond donors (Lipinski definition) is 1. The minimum atomic E-state index is -0.152. The van der Waals surface area contributed by atoms with E-state index in [9.17, 15) is 9.59 Å². The molecule has 1 aliphatic rings. The van der Waals surface area contributed by atoms with Crippen molar-refractivity contribution in [1.82, 2.24) is 20.0 Å². The Hall–Kier alpha value is -2.96. The molecule has 0 unspecified atom stereocenters. The molecule has 0 atom stereocenters. The largest absolute Gasteiger partial charge is 0.339 e. The lowest BCUT2D eigenvalue weighted by atomic mass is 10.1. The lowest BCUT2D eigenvalue weighted by Crippen LogP contribution is -2.50. The number of aromatic nitrogens is 2. The number of anilines is 2. The summed E-state index contributed by atoms with van der Waals surface area (Å²) >= 11 is 0. The first kappa shape index (κ1) is 17.8. The summed E-state index contributed by atoms with van der Waals surface area (Å²) in [6.45, 7) is 5.79. The molecule has 3 rings (SSSR count). The maximum atomic E-state index is 12.5. The van der Waals surface area contributed by atoms with E-state index in [1.165, 1.54) is 5.56 Å². The van der Waals surface area contributed by atoms with Crippen molar-refractivity contribution in [3.8, 4) is 0 Å². The van der Waals surface area contributed by atoms with Crippen LogP contribution in [0.3, 0.4) is 0 Å². The monoisotopic (exact) mass is 353 g/mol. The van der Waals surface area contributed by atoms with E-state index in [-0.39, 0.29) is 11.8 Å². The Morgan fingerprint density at radius 1 is 1.00 bits per heavy atom. The van der Waals surface area contributed by atoms with E-state index >= 15 is 0 Å². The molecule has 0 aliphatic carbocycles. The number of carbonyl (C=O) groups is 2. The van der Waals surface area contributed by atoms with Crippen LogP contribution < -0.4 is 5.32 Å². The van der Waals surface area contributed by atoms with Gasteiger partial charge in [0.25, 0.3) is 5.91 Å². The molecule has 0 spiro atoms. The molecule has 1 aromatic heterocycles. The Kier molecular flexibility index (Phi) is 5.46. The van der Waals surface area contributed by atoms with Gasteiger partial charge in [0, 0.05) is 38.8 Å². The normalized spacial score (nSPS) is 14.2. The number of aryl methyl sites for hydroxylation is 1. The molecular formula is C19H23N5O2. The third-order valence-corrected chi connectivity index (χ3v) is 4.56. The predicted molar refractivity (Wildman–Crippen MR) is 99.3 cm³/mol. The van der Waals surface area contributed by atoms with Crippen LogP contribution in [-0.2, 0) is 11.2 Å². The molecule has 0 saturated carbocycles. The molecule has 1 aromatic carbocycles. The zero-order valence-corrected chi connectivity index (χ0v) is 15.1. The van der Waals surface area contributed by atoms with Crippen molar-refractivity contribution in [1.29, 1.82) is 0 Å². The molecule has 26 heavy (non-hydrogen) atoms. The molecular weight excluding hydrogens is 330 g/mol. The number of carbonyl (C=O) groups excluding carboxylic acids is 2. The first-order valence-electron chi connectivity index (χ1n) is 8.82. The van der Waals surface area contributed by atoms with Gasteiger partial charge in [-0.15, -0.1) is 10.2 Å². The standard InChI is InChI=1S/C19H23N5O2/c1-3-15-6-4-5-7-16(15)20-18-9-8-17(21-22-18)19(26)24-12-10-23(11-13-24)14(2)25/h4-9H,3,10-13H2,1-2H3,(H,20,22). The van der Waals surface area contributed by atoms with E-state index in [4.69, 9.17) is 0 Å². The van der Waals surface area contributed by atoms with Gasteiger partial charge < -0.3 is 15.1 Å². The number of hydrogen-bond acceptors (Lipinski definition) is 5. The highest BCUT2D eigenvalue weighted by atomic mass is 16.2. The van der Waals surface area contributed by atoms with Crippen LogP contribution in [0, 0.1) is 0 Å². The highest BCUT2D eigenvalue weighted by Crippen LogP contribution is 2.19. The highest BCUT2D eigenvalue weighted by Gasteiger charge is 2.24. The summed E-state index contributed by atoms with van der Waals surface area (Å²) in [5.41, 5.74) is 2.50. The zero-order valence-electron chi connectivity index (χ0n) is 15.1. The van der Waals surface area contributed by atoms with Crippen LogP contribution in [0.4, 0.5) is 11.5 Å². The average molecular weight is 353 g/mol. The van der Waals surface area contributed by atoms with E-state index in [0.29, 0.717) is 37.7 Å². The minimum absolute atomic E-state index is 0.0414. The molecule has 0 radical (unpaired) electrons. The van der Waals surface area contributed by atoms with Crippen molar-refractivity contribution in [2.24, 2.45) is 0 Å². The first-order chi connectivity index (χ1) is 12.6. The molecule has 136 valence electrons. The number of nitrogens with one attached hydrogen (secondary N) is 1. The average Bonchev–Trinajstić information content (AvgIpc) is 2.68. The molecule has 7 heteroatoms. The van der Waals surface area contributed by atoms with Gasteiger partial charge in [0.1, 0.15) is 0 Å². The molecule has 1 fully saturated rings. The van der Waals surface area contributed by atoms with Crippen LogP contribution in [0.15, 0.2) is 36.4 Å². The molecule has 1 aliphatic heterocycles. The maximum absolute atomic E-state index is 12.5. The van der Waals surface area contributed by atoms with Gasteiger partial charge in [-0.05, 0) is 30.2 Å². The quantitative estimate of drug-likeness (QED) is 0.910. The van der Waals surface area contributed by atoms with Gasteiger partial charge in [0.15, 0.2) is 11.5 Å². The van der Waals surface area contributed by atoms with Crippen LogP contribution in [0.5, 0.6) is 0 Å². The Morgan fingerprint density at radius 2 is 1.69 bits per heavy atom. The van der Waals surface area contributed by atoms with E-state index < -0.39 is 0 Å². The van der Waals surface area contributed by atoms with Crippen molar-refractivity contribution in [2.45, 2.75) is 20.3 Å². The summed E-state index contributed by atoms with van der Waals surface area (Å²) in [5.74, 6) is 0.490. The fourth-order valence-corrected chi connectivity index (χ4v) is 2.99. The lowest BCUT2D eigenvalue weighted by molar-refractivity contribution is -0.130. The van der Waals surface area contributed by atoms with Gasteiger partial charge >= 0.3 is 0 Å². The number of benzene rings is 1. The van der Waals surface area contributed by atoms with E-state index in [1.54, 1.807) is 28.9 Å². The third-order valence-electron chi connectivity index (χ3n) is 4.56. The van der Waals surface area contributed by atoms with Crippen LogP contribution in [0.25, 0.3) is 0 Å². The predicted octanol–water partition coefficient (Wildman–Crippen LogP) is 2.09. The van der Waals surface area contributed by atoms with E-state index in [2.05, 4.69) is 28.5 Å². The van der Waals surface area contributed by atoms with Gasteiger partial charge in [-0.2, -0.15) is 0 Å². The Balaban J connectivity index is 1.64. The summed E-state index contributed by atoms with van der Waals surface area (Å²) in [4.78, 5) is 27.4. The van der Waals surface area contributed by atoms with Gasteiger partial charge in [0.05, 0.1) is 0 Å². The van der Waals surface area contributed by atoms with E-state index in [1.807, 2.05) is 18.2 Å². The number of amides is 2. The second-order valence-electron chi connectivity index (χ2n) is 6.24. The number of nitrogens with zero attached hydrogens (tertiary/aromatic N) is 4. The van der Waals surface area contributed by atoms with Crippen molar-refractivity contribution in [2.75, 3.05) is 31.5 Å². The summed E-state index contributed by atoms with van der Waals surface area (Å²) in [7, 11) is 0. The summed E-state index contributed by atoms with van der Waals surface area (Å²) < 4.78 is 0. The van der Waals surface area contributed by atoms with Crippen molar-refractivity contribution >= 4 is 23.3 Å². The summed E-state index contributed by atoms with van der Waals surface area (Å²) in [6, 6.07) is 11.5. The summed E-state index contributed by atoms with van der Waals surface area (Å²) in [6.07, 6.45) is 0.916. The SMILES string of the molecule is CCc1ccccc1Nc1ccc(C(=O)N2CCN(C(C)=O)CC2)nn1. The molecule has 2 heterocycles. The number of piperazine rings is 1. The van der Waals surface area contributed by atoms with Crippen molar-refractivity contribution in [3.05, 3.63) is 47.7 Å². The van der Waals surface area contributed by atoms with Crippen molar-refractivity contribution in [3.63, 3.8) is 0 Å². The second kappa shape index (κ2) is 7.95. The van der Waals surface area contributed by atoms with E-state index in [0.717, 1.165) is 12.1 Å². The molecule has 2 aromatic rings. The van der Waals surface area contributed by atoms with Gasteiger partial charge in [-0.1, -0.05) is 25.1 Å². The number of para-hydroxylation sites is 1. The number of rotatable bonds is 4. The highest BCUT2D eigenvalue weighted by molar-refractivity contribution is 5.92. The van der Waals surface area contributed by atoms with Crippen LogP contribution in [0.2, 0.25) is 0 Å². The van der Waals surface area contributed by atoms with Gasteiger partial charge in [0.2, 0.25) is 5.91 Å². The molecule has 2 amide bonds. The molecule has 1 saturated heterocycles. The van der Waals surface area contributed by atoms with Crippen molar-refractivity contribution < 1.29 is 9.59 Å². The third kappa shape index (κ3) is 3.99. The fourth-order valence-electron chi connectivity index (χ4n) is 2.99. The van der Waals surface area contributed by atoms with Gasteiger partial charge in [-0.25, -0.2) is 0 Å². The molecule has 7 nitrogen and oxygen atoms in total. The Bertz CT molecular complexity index is 783. The smallest absolute Gasteiger partial charge is 0.274 e.